The lowest BCUT2D eigenvalue weighted by Gasteiger charge is -2.42. The zero-order valence-electron chi connectivity index (χ0n) is 13.5. The van der Waals surface area contributed by atoms with Gasteiger partial charge in [0.05, 0.1) is 6.10 Å². The third-order valence-electron chi connectivity index (χ3n) is 5.21. The highest BCUT2D eigenvalue weighted by Gasteiger charge is 2.40. The summed E-state index contributed by atoms with van der Waals surface area (Å²) in [5.41, 5.74) is 8.63. The Bertz CT molecular complexity index is 431. The SMILES string of the molecule is CCCCCCCC(O)C1(CN)CCCc2ccccc21. The van der Waals surface area contributed by atoms with Gasteiger partial charge in [-0.1, -0.05) is 63.3 Å². The number of nitrogens with two attached hydrogens (primary N) is 1. The van der Waals surface area contributed by atoms with Crippen molar-refractivity contribution >= 4 is 0 Å². The Kier molecular flexibility index (Phi) is 6.25. The van der Waals surface area contributed by atoms with E-state index >= 15 is 0 Å². The largest absolute Gasteiger partial charge is 0.392 e. The van der Waals surface area contributed by atoms with Crippen LogP contribution in [0.5, 0.6) is 0 Å². The molecule has 0 heterocycles. The van der Waals surface area contributed by atoms with E-state index < -0.39 is 0 Å². The fourth-order valence-electron chi connectivity index (χ4n) is 3.86. The Morgan fingerprint density at radius 3 is 2.71 bits per heavy atom. The van der Waals surface area contributed by atoms with Crippen molar-refractivity contribution in [2.75, 3.05) is 6.54 Å². The van der Waals surface area contributed by atoms with Crippen molar-refractivity contribution in [1.29, 1.82) is 0 Å². The molecule has 21 heavy (non-hydrogen) atoms. The van der Waals surface area contributed by atoms with Crippen LogP contribution < -0.4 is 5.73 Å². The van der Waals surface area contributed by atoms with E-state index in [4.69, 9.17) is 5.73 Å². The third kappa shape index (κ3) is 3.67. The second kappa shape index (κ2) is 7.95. The summed E-state index contributed by atoms with van der Waals surface area (Å²) in [5, 5.41) is 10.8. The molecule has 1 aromatic rings. The molecule has 0 fully saturated rings. The molecule has 0 radical (unpaired) electrons. The summed E-state index contributed by atoms with van der Waals surface area (Å²) in [6.07, 6.45) is 10.1. The van der Waals surface area contributed by atoms with E-state index in [1.165, 1.54) is 36.8 Å². The third-order valence-corrected chi connectivity index (χ3v) is 5.21. The van der Waals surface area contributed by atoms with Crippen LogP contribution in [0.2, 0.25) is 0 Å². The molecule has 1 aliphatic carbocycles. The highest BCUT2D eigenvalue weighted by atomic mass is 16.3. The topological polar surface area (TPSA) is 46.2 Å². The average Bonchev–Trinajstić information content (AvgIpc) is 2.53. The van der Waals surface area contributed by atoms with Crippen LogP contribution in [-0.4, -0.2) is 17.8 Å². The van der Waals surface area contributed by atoms with Crippen LogP contribution in [0.1, 0.15) is 69.4 Å². The van der Waals surface area contributed by atoms with Crippen LogP contribution in [0.4, 0.5) is 0 Å². The first-order chi connectivity index (χ1) is 10.2. The summed E-state index contributed by atoms with van der Waals surface area (Å²) in [6, 6.07) is 8.57. The summed E-state index contributed by atoms with van der Waals surface area (Å²) in [6.45, 7) is 2.79. The molecule has 2 unspecified atom stereocenters. The minimum Gasteiger partial charge on any atom is -0.392 e. The smallest absolute Gasteiger partial charge is 0.0649 e. The van der Waals surface area contributed by atoms with E-state index in [0.717, 1.165) is 32.1 Å². The van der Waals surface area contributed by atoms with Crippen molar-refractivity contribution in [3.63, 3.8) is 0 Å². The molecule has 118 valence electrons. The van der Waals surface area contributed by atoms with Crippen molar-refractivity contribution in [1.82, 2.24) is 0 Å². The molecule has 2 atom stereocenters. The Morgan fingerprint density at radius 1 is 1.19 bits per heavy atom. The van der Waals surface area contributed by atoms with Gasteiger partial charge < -0.3 is 10.8 Å². The van der Waals surface area contributed by atoms with Gasteiger partial charge in [-0.25, -0.2) is 0 Å². The number of unbranched alkanes of at least 4 members (excludes halogenated alkanes) is 4. The number of hydrogen-bond acceptors (Lipinski definition) is 2. The summed E-state index contributed by atoms with van der Waals surface area (Å²) in [7, 11) is 0. The van der Waals surface area contributed by atoms with Gasteiger partial charge in [-0.2, -0.15) is 0 Å². The van der Waals surface area contributed by atoms with Gasteiger partial charge in [-0.15, -0.1) is 0 Å². The predicted molar refractivity (Wildman–Crippen MR) is 89.5 cm³/mol. The zero-order valence-corrected chi connectivity index (χ0v) is 13.5. The van der Waals surface area contributed by atoms with Crippen LogP contribution in [0.15, 0.2) is 24.3 Å². The van der Waals surface area contributed by atoms with Crippen LogP contribution >= 0.6 is 0 Å². The first-order valence-electron chi connectivity index (χ1n) is 8.71. The minimum absolute atomic E-state index is 0.209. The molecular weight excluding hydrogens is 258 g/mol. The number of aryl methyl sites for hydroxylation is 1. The normalized spacial score (nSPS) is 22.8. The van der Waals surface area contributed by atoms with Crippen molar-refractivity contribution in [3.8, 4) is 0 Å². The quantitative estimate of drug-likeness (QED) is 0.712. The Labute approximate surface area is 129 Å². The molecule has 1 aromatic carbocycles. The number of hydrogen-bond donors (Lipinski definition) is 2. The molecule has 2 nitrogen and oxygen atoms in total. The zero-order chi connectivity index (χ0) is 15.1. The summed E-state index contributed by atoms with van der Waals surface area (Å²) < 4.78 is 0. The highest BCUT2D eigenvalue weighted by molar-refractivity contribution is 5.38. The Hall–Kier alpha value is -0.860. The van der Waals surface area contributed by atoms with Gasteiger partial charge in [0.15, 0.2) is 0 Å². The summed E-state index contributed by atoms with van der Waals surface area (Å²) in [5.74, 6) is 0. The number of benzene rings is 1. The fraction of sp³-hybridized carbons (Fsp3) is 0.684. The molecule has 0 saturated carbocycles. The predicted octanol–water partition coefficient (Wildman–Crippen LogP) is 3.94. The lowest BCUT2D eigenvalue weighted by atomic mass is 9.65. The van der Waals surface area contributed by atoms with Crippen molar-refractivity contribution in [2.24, 2.45) is 5.73 Å². The maximum Gasteiger partial charge on any atom is 0.0649 e. The minimum atomic E-state index is -0.300. The number of fused-ring (bicyclic) bond motifs is 1. The number of aliphatic hydroxyl groups is 1. The standard InChI is InChI=1S/C19H31NO/c1-2-3-4-5-6-13-18(21)19(15-20)14-9-11-16-10-7-8-12-17(16)19/h7-8,10,12,18,21H,2-6,9,11,13-15,20H2,1H3. The lowest BCUT2D eigenvalue weighted by Crippen LogP contribution is -2.48. The molecule has 0 spiro atoms. The van der Waals surface area contributed by atoms with Crippen molar-refractivity contribution in [3.05, 3.63) is 35.4 Å². The Morgan fingerprint density at radius 2 is 1.95 bits per heavy atom. The maximum absolute atomic E-state index is 10.8. The highest BCUT2D eigenvalue weighted by Crippen LogP contribution is 2.40. The molecule has 0 aliphatic heterocycles. The molecule has 3 N–H and O–H groups in total. The van der Waals surface area contributed by atoms with Gasteiger partial charge in [-0.3, -0.25) is 0 Å². The second-order valence-electron chi connectivity index (χ2n) is 6.59. The molecule has 0 bridgehead atoms. The van der Waals surface area contributed by atoms with E-state index in [1.807, 2.05) is 0 Å². The van der Waals surface area contributed by atoms with E-state index in [2.05, 4.69) is 31.2 Å². The van der Waals surface area contributed by atoms with Gasteiger partial charge in [0, 0.05) is 12.0 Å². The lowest BCUT2D eigenvalue weighted by molar-refractivity contribution is 0.0624. The van der Waals surface area contributed by atoms with Gasteiger partial charge in [0.1, 0.15) is 0 Å². The van der Waals surface area contributed by atoms with E-state index in [9.17, 15) is 5.11 Å². The van der Waals surface area contributed by atoms with Crippen LogP contribution in [0.25, 0.3) is 0 Å². The first-order valence-corrected chi connectivity index (χ1v) is 8.71. The number of aliphatic hydroxyl groups excluding tert-OH is 1. The molecular formula is C19H31NO. The van der Waals surface area contributed by atoms with Crippen LogP contribution in [0.3, 0.4) is 0 Å². The van der Waals surface area contributed by atoms with Crippen molar-refractivity contribution in [2.45, 2.75) is 76.2 Å². The van der Waals surface area contributed by atoms with E-state index in [1.54, 1.807) is 0 Å². The van der Waals surface area contributed by atoms with Crippen LogP contribution in [0, 0.1) is 0 Å². The van der Waals surface area contributed by atoms with Crippen LogP contribution in [-0.2, 0) is 11.8 Å². The van der Waals surface area contributed by atoms with Crippen molar-refractivity contribution < 1.29 is 5.11 Å². The molecule has 2 rings (SSSR count). The monoisotopic (exact) mass is 289 g/mol. The molecule has 2 heteroatoms. The molecule has 0 saturated heterocycles. The van der Waals surface area contributed by atoms with E-state index in [-0.39, 0.29) is 11.5 Å². The van der Waals surface area contributed by atoms with Gasteiger partial charge in [0.2, 0.25) is 0 Å². The molecule has 0 amide bonds. The number of rotatable bonds is 8. The summed E-state index contributed by atoms with van der Waals surface area (Å²) >= 11 is 0. The average molecular weight is 289 g/mol. The first kappa shape index (κ1) is 16.5. The van der Waals surface area contributed by atoms with E-state index in [0.29, 0.717) is 6.54 Å². The van der Waals surface area contributed by atoms with Gasteiger partial charge in [0.25, 0.3) is 0 Å². The summed E-state index contributed by atoms with van der Waals surface area (Å²) in [4.78, 5) is 0. The molecule has 0 aromatic heterocycles. The fourth-order valence-corrected chi connectivity index (χ4v) is 3.86. The van der Waals surface area contributed by atoms with Gasteiger partial charge in [-0.05, 0) is 36.8 Å². The Balaban J connectivity index is 2.04. The molecule has 1 aliphatic rings. The van der Waals surface area contributed by atoms with Gasteiger partial charge >= 0.3 is 0 Å². The second-order valence-corrected chi connectivity index (χ2v) is 6.59. The maximum atomic E-state index is 10.8.